The summed E-state index contributed by atoms with van der Waals surface area (Å²) in [5.41, 5.74) is 0.385. The number of para-hydroxylation sites is 1. The molecule has 9 heteroatoms. The molecule has 1 N–H and O–H groups in total. The molecule has 0 spiro atoms. The van der Waals surface area contributed by atoms with E-state index < -0.39 is 5.82 Å². The number of nitrogens with one attached hydrogen (secondary N) is 1. The van der Waals surface area contributed by atoms with Crippen LogP contribution in [0.4, 0.5) is 10.1 Å². The lowest BCUT2D eigenvalue weighted by atomic mass is 10.3. The van der Waals surface area contributed by atoms with Gasteiger partial charge in [0.15, 0.2) is 11.6 Å². The van der Waals surface area contributed by atoms with Crippen molar-refractivity contribution in [2.75, 3.05) is 5.32 Å². The fourth-order valence-electron chi connectivity index (χ4n) is 1.72. The molecule has 0 fully saturated rings. The van der Waals surface area contributed by atoms with E-state index in [0.717, 1.165) is 0 Å². The largest absolute Gasteiger partial charge is 0.421 e. The first-order valence-corrected chi connectivity index (χ1v) is 6.57. The molecule has 0 atom stereocenters. The lowest BCUT2D eigenvalue weighted by molar-refractivity contribution is -0.116. The van der Waals surface area contributed by atoms with Gasteiger partial charge >= 0.3 is 6.01 Å². The summed E-state index contributed by atoms with van der Waals surface area (Å²) in [7, 11) is 0. The number of halogens is 1. The van der Waals surface area contributed by atoms with Crippen LogP contribution in [0.25, 0.3) is 0 Å². The van der Waals surface area contributed by atoms with Crippen molar-refractivity contribution in [3.05, 3.63) is 55.1 Å². The average molecular weight is 314 g/mol. The second-order valence-electron chi connectivity index (χ2n) is 4.43. The number of benzene rings is 1. The Morgan fingerprint density at radius 2 is 2.04 bits per heavy atom. The maximum Gasteiger partial charge on any atom is 0.322 e. The van der Waals surface area contributed by atoms with E-state index in [-0.39, 0.29) is 24.2 Å². The molecule has 1 aromatic carbocycles. The van der Waals surface area contributed by atoms with E-state index in [4.69, 9.17) is 4.74 Å². The second kappa shape index (κ2) is 6.60. The smallest absolute Gasteiger partial charge is 0.322 e. The van der Waals surface area contributed by atoms with Gasteiger partial charge in [0, 0.05) is 0 Å². The van der Waals surface area contributed by atoms with Crippen LogP contribution in [-0.2, 0) is 11.3 Å². The van der Waals surface area contributed by atoms with Gasteiger partial charge in [-0.1, -0.05) is 12.1 Å². The third kappa shape index (κ3) is 3.84. The molecular formula is C14H11FN6O2. The molecule has 2 heterocycles. The zero-order chi connectivity index (χ0) is 16.1. The zero-order valence-electron chi connectivity index (χ0n) is 11.8. The van der Waals surface area contributed by atoms with Crippen LogP contribution in [0, 0.1) is 5.82 Å². The van der Waals surface area contributed by atoms with Crippen molar-refractivity contribution < 1.29 is 13.9 Å². The molecule has 0 unspecified atom stereocenters. The highest BCUT2D eigenvalue weighted by molar-refractivity contribution is 5.90. The van der Waals surface area contributed by atoms with Crippen LogP contribution >= 0.6 is 0 Å². The van der Waals surface area contributed by atoms with Gasteiger partial charge in [0.05, 0.1) is 18.1 Å². The zero-order valence-corrected chi connectivity index (χ0v) is 11.8. The Morgan fingerprint density at radius 3 is 2.74 bits per heavy atom. The third-order valence-corrected chi connectivity index (χ3v) is 2.72. The summed E-state index contributed by atoms with van der Waals surface area (Å²) in [6, 6.07) is 5.90. The molecule has 0 aliphatic rings. The van der Waals surface area contributed by atoms with Gasteiger partial charge in [-0.2, -0.15) is 5.10 Å². The van der Waals surface area contributed by atoms with Crippen LogP contribution in [0.1, 0.15) is 0 Å². The molecule has 116 valence electrons. The Balaban J connectivity index is 1.61. The van der Waals surface area contributed by atoms with E-state index in [1.165, 1.54) is 41.9 Å². The quantitative estimate of drug-likeness (QED) is 0.769. The number of hydrogen-bond donors (Lipinski definition) is 1. The van der Waals surface area contributed by atoms with E-state index in [2.05, 4.69) is 25.4 Å². The minimum absolute atomic E-state index is 0.0213. The van der Waals surface area contributed by atoms with E-state index in [0.29, 0.717) is 5.69 Å². The van der Waals surface area contributed by atoms with Crippen molar-refractivity contribution in [1.29, 1.82) is 0 Å². The normalized spacial score (nSPS) is 10.3. The molecule has 0 saturated heterocycles. The Kier molecular flexibility index (Phi) is 4.18. The summed E-state index contributed by atoms with van der Waals surface area (Å²) in [5, 5.41) is 6.43. The Bertz CT molecular complexity index is 791. The van der Waals surface area contributed by atoms with Crippen molar-refractivity contribution in [3.63, 3.8) is 0 Å². The van der Waals surface area contributed by atoms with Crippen molar-refractivity contribution in [2.45, 2.75) is 6.54 Å². The minimum atomic E-state index is -0.513. The molecular weight excluding hydrogens is 303 g/mol. The van der Waals surface area contributed by atoms with Gasteiger partial charge in [-0.25, -0.2) is 24.0 Å². The Hall–Kier alpha value is -3.36. The van der Waals surface area contributed by atoms with Crippen LogP contribution in [0.2, 0.25) is 0 Å². The van der Waals surface area contributed by atoms with E-state index in [9.17, 15) is 9.18 Å². The number of amides is 1. The molecule has 0 radical (unpaired) electrons. The van der Waals surface area contributed by atoms with Crippen molar-refractivity contribution >= 4 is 11.6 Å². The number of nitrogens with zero attached hydrogens (tertiary/aromatic N) is 5. The maximum absolute atomic E-state index is 13.5. The topological polar surface area (TPSA) is 94.8 Å². The number of carbonyl (C=O) groups excluding carboxylic acids is 1. The number of rotatable bonds is 5. The third-order valence-electron chi connectivity index (χ3n) is 2.72. The van der Waals surface area contributed by atoms with Gasteiger partial charge in [0.25, 0.3) is 0 Å². The molecule has 3 aromatic rings. The molecule has 0 aliphatic heterocycles. The van der Waals surface area contributed by atoms with E-state index in [1.54, 1.807) is 12.1 Å². The highest BCUT2D eigenvalue weighted by atomic mass is 19.1. The molecule has 0 aliphatic carbocycles. The Labute approximate surface area is 130 Å². The van der Waals surface area contributed by atoms with Gasteiger partial charge in [-0.15, -0.1) is 0 Å². The van der Waals surface area contributed by atoms with Crippen LogP contribution < -0.4 is 10.1 Å². The average Bonchev–Trinajstić information content (AvgIpc) is 3.04. The monoisotopic (exact) mass is 314 g/mol. The summed E-state index contributed by atoms with van der Waals surface area (Å²) < 4.78 is 20.1. The fraction of sp³-hybridized carbons (Fsp3) is 0.0714. The summed E-state index contributed by atoms with van der Waals surface area (Å²) in [5.74, 6) is -0.793. The number of anilines is 1. The van der Waals surface area contributed by atoms with Gasteiger partial charge in [0.2, 0.25) is 5.91 Å². The van der Waals surface area contributed by atoms with Gasteiger partial charge in [0.1, 0.15) is 19.2 Å². The molecule has 8 nitrogen and oxygen atoms in total. The van der Waals surface area contributed by atoms with Crippen LogP contribution in [0.3, 0.4) is 0 Å². The van der Waals surface area contributed by atoms with Gasteiger partial charge < -0.3 is 10.1 Å². The molecule has 23 heavy (non-hydrogen) atoms. The van der Waals surface area contributed by atoms with E-state index in [1.807, 2.05) is 0 Å². The minimum Gasteiger partial charge on any atom is -0.421 e. The number of aromatic nitrogens is 5. The predicted molar refractivity (Wildman–Crippen MR) is 77.2 cm³/mol. The first-order valence-electron chi connectivity index (χ1n) is 6.57. The first-order chi connectivity index (χ1) is 11.2. The number of ether oxygens (including phenoxy) is 1. The summed E-state index contributed by atoms with van der Waals surface area (Å²) in [4.78, 5) is 23.3. The molecule has 3 rings (SSSR count). The van der Waals surface area contributed by atoms with Crippen LogP contribution in [-0.4, -0.2) is 30.6 Å². The molecule has 2 aromatic heterocycles. The first kappa shape index (κ1) is 14.6. The summed E-state index contributed by atoms with van der Waals surface area (Å²) in [6.45, 7) is 0.0213. The summed E-state index contributed by atoms with van der Waals surface area (Å²) >= 11 is 0. The number of carbonyl (C=O) groups is 1. The van der Waals surface area contributed by atoms with E-state index >= 15 is 0 Å². The predicted octanol–water partition coefficient (Wildman–Crippen LogP) is 1.64. The molecule has 0 saturated carbocycles. The molecule has 1 amide bonds. The highest BCUT2D eigenvalue weighted by Gasteiger charge is 2.08. The summed E-state index contributed by atoms with van der Waals surface area (Å²) in [6.07, 6.45) is 5.50. The van der Waals surface area contributed by atoms with Gasteiger partial charge in [-0.05, 0) is 12.1 Å². The van der Waals surface area contributed by atoms with Crippen molar-refractivity contribution in [2.24, 2.45) is 0 Å². The van der Waals surface area contributed by atoms with Crippen LogP contribution in [0.15, 0.2) is 49.3 Å². The fourth-order valence-corrected chi connectivity index (χ4v) is 1.72. The van der Waals surface area contributed by atoms with Crippen molar-refractivity contribution in [1.82, 2.24) is 24.7 Å². The molecule has 0 bridgehead atoms. The standard InChI is InChI=1S/C14H11FN6O2/c15-11-3-1-2-4-12(11)23-14-17-5-10(6-18-14)20-13(22)7-21-9-16-8-19-21/h1-6,8-9H,7H2,(H,20,22). The maximum atomic E-state index is 13.5. The van der Waals surface area contributed by atoms with Crippen molar-refractivity contribution in [3.8, 4) is 11.8 Å². The number of hydrogen-bond acceptors (Lipinski definition) is 6. The highest BCUT2D eigenvalue weighted by Crippen LogP contribution is 2.21. The lowest BCUT2D eigenvalue weighted by Gasteiger charge is -2.06. The Morgan fingerprint density at radius 1 is 1.26 bits per heavy atom. The van der Waals surface area contributed by atoms with Gasteiger partial charge in [-0.3, -0.25) is 4.79 Å². The lowest BCUT2D eigenvalue weighted by Crippen LogP contribution is -2.19. The SMILES string of the molecule is O=C(Cn1cncn1)Nc1cnc(Oc2ccccc2F)nc1. The second-order valence-corrected chi connectivity index (χ2v) is 4.43. The van der Waals surface area contributed by atoms with Crippen LogP contribution in [0.5, 0.6) is 11.8 Å².